The first-order valence-electron chi connectivity index (χ1n) is 2.99. The highest BCUT2D eigenvalue weighted by atomic mass is 16.7. The molecule has 9 heavy (non-hydrogen) atoms. The molecule has 2 aliphatic heterocycles. The summed E-state index contributed by atoms with van der Waals surface area (Å²) >= 11 is 0. The molecule has 3 heteroatoms. The Hall–Kier alpha value is -0.570. The SMILES string of the molecule is CC1(C)OC(=O)[C@@H]2O[C@H]21. The Bertz CT molecular complexity index is 173. The van der Waals surface area contributed by atoms with E-state index in [1.54, 1.807) is 0 Å². The Kier molecular flexibility index (Phi) is 0.662. The van der Waals surface area contributed by atoms with Gasteiger partial charge in [0, 0.05) is 0 Å². The molecule has 0 N–H and O–H groups in total. The standard InChI is InChI=1S/C6H8O3/c1-6(2)4-3(8-4)5(7)9-6/h3-4H,1-2H3/t3-,4-/m1/s1. The number of epoxide rings is 1. The fraction of sp³-hybridized carbons (Fsp3) is 0.833. The number of esters is 1. The van der Waals surface area contributed by atoms with Crippen LogP contribution in [0.25, 0.3) is 0 Å². The molecule has 2 aliphatic rings. The molecule has 0 bridgehead atoms. The summed E-state index contributed by atoms with van der Waals surface area (Å²) in [5.74, 6) is -0.204. The molecule has 0 aromatic rings. The minimum absolute atomic E-state index is 0.0324. The summed E-state index contributed by atoms with van der Waals surface area (Å²) < 4.78 is 9.95. The molecule has 0 saturated carbocycles. The number of ether oxygens (including phenoxy) is 2. The van der Waals surface area contributed by atoms with E-state index in [0.717, 1.165) is 0 Å². The van der Waals surface area contributed by atoms with Gasteiger partial charge in [0.15, 0.2) is 6.10 Å². The van der Waals surface area contributed by atoms with Crippen LogP contribution in [-0.4, -0.2) is 23.8 Å². The zero-order chi connectivity index (χ0) is 6.65. The Morgan fingerprint density at radius 1 is 1.56 bits per heavy atom. The summed E-state index contributed by atoms with van der Waals surface area (Å²) in [6.07, 6.45) is -0.204. The van der Waals surface area contributed by atoms with E-state index in [1.165, 1.54) is 0 Å². The zero-order valence-electron chi connectivity index (χ0n) is 5.38. The van der Waals surface area contributed by atoms with Gasteiger partial charge in [0.25, 0.3) is 0 Å². The average Bonchev–Trinajstić information content (AvgIpc) is 2.33. The minimum Gasteiger partial charge on any atom is -0.455 e. The van der Waals surface area contributed by atoms with Crippen molar-refractivity contribution in [3.8, 4) is 0 Å². The molecule has 0 aromatic heterocycles. The summed E-state index contributed by atoms with van der Waals surface area (Å²) in [6.45, 7) is 3.73. The molecule has 0 aliphatic carbocycles. The summed E-state index contributed by atoms with van der Waals surface area (Å²) in [4.78, 5) is 10.7. The van der Waals surface area contributed by atoms with Gasteiger partial charge in [-0.05, 0) is 13.8 Å². The molecule has 0 radical (unpaired) electrons. The molecule has 0 unspecified atom stereocenters. The van der Waals surface area contributed by atoms with E-state index in [1.807, 2.05) is 13.8 Å². The molecule has 2 heterocycles. The Labute approximate surface area is 52.9 Å². The molecule has 50 valence electrons. The van der Waals surface area contributed by atoms with Gasteiger partial charge in [-0.1, -0.05) is 0 Å². The summed E-state index contributed by atoms with van der Waals surface area (Å²) in [7, 11) is 0. The van der Waals surface area contributed by atoms with Crippen molar-refractivity contribution in [1.82, 2.24) is 0 Å². The van der Waals surface area contributed by atoms with Crippen molar-refractivity contribution in [3.63, 3.8) is 0 Å². The third kappa shape index (κ3) is 0.525. The number of carbonyl (C=O) groups excluding carboxylic acids is 1. The van der Waals surface area contributed by atoms with Gasteiger partial charge in [-0.3, -0.25) is 0 Å². The number of hydrogen-bond donors (Lipinski definition) is 0. The van der Waals surface area contributed by atoms with Crippen molar-refractivity contribution in [1.29, 1.82) is 0 Å². The van der Waals surface area contributed by atoms with Gasteiger partial charge in [-0.2, -0.15) is 0 Å². The van der Waals surface area contributed by atoms with Gasteiger partial charge in [-0.15, -0.1) is 0 Å². The third-order valence-corrected chi connectivity index (χ3v) is 1.77. The molecule has 0 aromatic carbocycles. The van der Waals surface area contributed by atoms with Crippen LogP contribution in [0, 0.1) is 0 Å². The van der Waals surface area contributed by atoms with Crippen LogP contribution in [0.5, 0.6) is 0 Å². The van der Waals surface area contributed by atoms with E-state index < -0.39 is 0 Å². The summed E-state index contributed by atoms with van der Waals surface area (Å²) in [5, 5.41) is 0. The normalized spacial score (nSPS) is 44.0. The molecule has 2 saturated heterocycles. The molecule has 0 amide bonds. The van der Waals surface area contributed by atoms with Crippen LogP contribution in [0.4, 0.5) is 0 Å². The maximum Gasteiger partial charge on any atom is 0.338 e. The first-order valence-corrected chi connectivity index (χ1v) is 2.99. The lowest BCUT2D eigenvalue weighted by Gasteiger charge is -2.17. The van der Waals surface area contributed by atoms with E-state index in [-0.39, 0.29) is 23.8 Å². The van der Waals surface area contributed by atoms with Gasteiger partial charge >= 0.3 is 5.97 Å². The number of rotatable bonds is 0. The van der Waals surface area contributed by atoms with Gasteiger partial charge < -0.3 is 9.47 Å². The maximum atomic E-state index is 10.7. The number of fused-ring (bicyclic) bond motifs is 1. The molecular formula is C6H8O3. The Balaban J connectivity index is 2.26. The largest absolute Gasteiger partial charge is 0.455 e. The Morgan fingerprint density at radius 3 is 2.33 bits per heavy atom. The van der Waals surface area contributed by atoms with Crippen molar-refractivity contribution in [2.45, 2.75) is 31.7 Å². The van der Waals surface area contributed by atoms with E-state index in [4.69, 9.17) is 9.47 Å². The van der Waals surface area contributed by atoms with Crippen molar-refractivity contribution in [2.75, 3.05) is 0 Å². The van der Waals surface area contributed by atoms with Crippen molar-refractivity contribution in [3.05, 3.63) is 0 Å². The second-order valence-corrected chi connectivity index (χ2v) is 3.00. The molecular weight excluding hydrogens is 120 g/mol. The van der Waals surface area contributed by atoms with Crippen molar-refractivity contribution < 1.29 is 14.3 Å². The summed E-state index contributed by atoms with van der Waals surface area (Å²) in [6, 6.07) is 0. The van der Waals surface area contributed by atoms with E-state index in [9.17, 15) is 4.79 Å². The lowest BCUT2D eigenvalue weighted by atomic mass is 10.1. The van der Waals surface area contributed by atoms with Gasteiger partial charge in [0.05, 0.1) is 0 Å². The zero-order valence-corrected chi connectivity index (χ0v) is 5.38. The van der Waals surface area contributed by atoms with Crippen molar-refractivity contribution >= 4 is 5.97 Å². The highest BCUT2D eigenvalue weighted by Gasteiger charge is 2.63. The molecule has 2 atom stereocenters. The molecule has 2 fully saturated rings. The smallest absolute Gasteiger partial charge is 0.338 e. The fourth-order valence-corrected chi connectivity index (χ4v) is 1.20. The number of carbonyl (C=O) groups is 1. The molecule has 3 nitrogen and oxygen atoms in total. The number of hydrogen-bond acceptors (Lipinski definition) is 3. The van der Waals surface area contributed by atoms with E-state index >= 15 is 0 Å². The molecule has 2 rings (SSSR count). The second-order valence-electron chi connectivity index (χ2n) is 3.00. The maximum absolute atomic E-state index is 10.7. The third-order valence-electron chi connectivity index (χ3n) is 1.77. The fourth-order valence-electron chi connectivity index (χ4n) is 1.20. The predicted molar refractivity (Wildman–Crippen MR) is 28.8 cm³/mol. The van der Waals surface area contributed by atoms with Crippen LogP contribution >= 0.6 is 0 Å². The van der Waals surface area contributed by atoms with Gasteiger partial charge in [0.2, 0.25) is 0 Å². The minimum atomic E-state index is -0.373. The summed E-state index contributed by atoms with van der Waals surface area (Å²) in [5.41, 5.74) is -0.373. The first-order chi connectivity index (χ1) is 4.11. The van der Waals surface area contributed by atoms with E-state index in [0.29, 0.717) is 0 Å². The molecule has 0 spiro atoms. The van der Waals surface area contributed by atoms with Gasteiger partial charge in [-0.25, -0.2) is 4.79 Å². The highest BCUT2D eigenvalue weighted by Crippen LogP contribution is 2.42. The Morgan fingerprint density at radius 2 is 2.22 bits per heavy atom. The quantitative estimate of drug-likeness (QED) is 0.343. The van der Waals surface area contributed by atoms with Crippen molar-refractivity contribution in [2.24, 2.45) is 0 Å². The first kappa shape index (κ1) is 5.23. The lowest BCUT2D eigenvalue weighted by molar-refractivity contribution is -0.156. The van der Waals surface area contributed by atoms with Crippen LogP contribution < -0.4 is 0 Å². The van der Waals surface area contributed by atoms with Crippen LogP contribution in [0.1, 0.15) is 13.8 Å². The van der Waals surface area contributed by atoms with E-state index in [2.05, 4.69) is 0 Å². The predicted octanol–water partition coefficient (Wildman–Crippen LogP) is 0.0892. The van der Waals surface area contributed by atoms with Crippen LogP contribution in [0.2, 0.25) is 0 Å². The van der Waals surface area contributed by atoms with Gasteiger partial charge in [0.1, 0.15) is 11.7 Å². The number of cyclic esters (lactones) is 1. The van der Waals surface area contributed by atoms with Crippen LogP contribution in [0.3, 0.4) is 0 Å². The topological polar surface area (TPSA) is 38.8 Å². The lowest BCUT2D eigenvalue weighted by Crippen LogP contribution is -2.27. The second kappa shape index (κ2) is 1.14. The monoisotopic (exact) mass is 128 g/mol. The average molecular weight is 128 g/mol. The highest BCUT2D eigenvalue weighted by molar-refractivity contribution is 5.81. The van der Waals surface area contributed by atoms with Crippen LogP contribution in [0.15, 0.2) is 0 Å². The van der Waals surface area contributed by atoms with Crippen LogP contribution in [-0.2, 0) is 14.3 Å².